The standard InChI is InChI=1S/C13H15ClFNO3/c1-8(9-2-3-11(15)10(14)6-9)16-4-5-19-7-12(16)13(17)18/h2-3,6,8,12H,4-5,7H2,1H3,(H,17,18). The topological polar surface area (TPSA) is 49.8 Å². The molecule has 2 atom stereocenters. The van der Waals surface area contributed by atoms with E-state index in [2.05, 4.69) is 0 Å². The number of carboxylic acids is 1. The lowest BCUT2D eigenvalue weighted by Crippen LogP contribution is -2.50. The fourth-order valence-corrected chi connectivity index (χ4v) is 2.45. The predicted octanol–water partition coefficient (Wildman–Crippen LogP) is 2.33. The highest BCUT2D eigenvalue weighted by Crippen LogP contribution is 2.27. The quantitative estimate of drug-likeness (QED) is 0.927. The molecule has 4 nitrogen and oxygen atoms in total. The van der Waals surface area contributed by atoms with Crippen molar-refractivity contribution in [2.45, 2.75) is 19.0 Å². The van der Waals surface area contributed by atoms with E-state index in [0.29, 0.717) is 13.2 Å². The van der Waals surface area contributed by atoms with Crippen LogP contribution < -0.4 is 0 Å². The summed E-state index contributed by atoms with van der Waals surface area (Å²) in [5.74, 6) is -1.39. The van der Waals surface area contributed by atoms with Crippen molar-refractivity contribution in [3.8, 4) is 0 Å². The Bertz CT molecular complexity index is 483. The van der Waals surface area contributed by atoms with Crippen LogP contribution in [0.2, 0.25) is 5.02 Å². The fourth-order valence-electron chi connectivity index (χ4n) is 2.26. The van der Waals surface area contributed by atoms with Crippen LogP contribution >= 0.6 is 11.6 Å². The summed E-state index contributed by atoms with van der Waals surface area (Å²) in [4.78, 5) is 13.0. The molecule has 0 saturated carbocycles. The maximum Gasteiger partial charge on any atom is 0.323 e. The number of morpholine rings is 1. The van der Waals surface area contributed by atoms with Gasteiger partial charge in [-0.05, 0) is 24.6 Å². The van der Waals surface area contributed by atoms with Gasteiger partial charge in [-0.25, -0.2) is 4.39 Å². The van der Waals surface area contributed by atoms with Gasteiger partial charge in [-0.1, -0.05) is 17.7 Å². The fraction of sp³-hybridized carbons (Fsp3) is 0.462. The number of carbonyl (C=O) groups is 1. The number of aliphatic carboxylic acids is 1. The molecule has 1 heterocycles. The molecule has 0 bridgehead atoms. The summed E-state index contributed by atoms with van der Waals surface area (Å²) >= 11 is 5.76. The second-order valence-electron chi connectivity index (χ2n) is 4.52. The van der Waals surface area contributed by atoms with Gasteiger partial charge in [0, 0.05) is 12.6 Å². The van der Waals surface area contributed by atoms with Crippen LogP contribution in [-0.4, -0.2) is 41.8 Å². The van der Waals surface area contributed by atoms with Gasteiger partial charge in [-0.3, -0.25) is 9.69 Å². The molecule has 1 aliphatic rings. The van der Waals surface area contributed by atoms with E-state index < -0.39 is 17.8 Å². The van der Waals surface area contributed by atoms with Crippen molar-refractivity contribution >= 4 is 17.6 Å². The van der Waals surface area contributed by atoms with Crippen molar-refractivity contribution in [3.63, 3.8) is 0 Å². The monoisotopic (exact) mass is 287 g/mol. The molecule has 0 radical (unpaired) electrons. The average Bonchev–Trinajstić information content (AvgIpc) is 2.41. The van der Waals surface area contributed by atoms with Gasteiger partial charge in [0.25, 0.3) is 0 Å². The molecule has 2 rings (SSSR count). The van der Waals surface area contributed by atoms with Gasteiger partial charge in [-0.15, -0.1) is 0 Å². The normalized spacial score (nSPS) is 22.2. The van der Waals surface area contributed by atoms with Gasteiger partial charge in [0.05, 0.1) is 18.2 Å². The molecule has 0 spiro atoms. The first-order valence-corrected chi connectivity index (χ1v) is 6.39. The summed E-state index contributed by atoms with van der Waals surface area (Å²) in [6.07, 6.45) is 0. The van der Waals surface area contributed by atoms with Crippen molar-refractivity contribution in [1.29, 1.82) is 0 Å². The lowest BCUT2D eigenvalue weighted by molar-refractivity contribution is -0.151. The number of benzene rings is 1. The third-order valence-corrected chi connectivity index (χ3v) is 3.67. The Balaban J connectivity index is 2.23. The Labute approximate surface area is 115 Å². The molecule has 1 N–H and O–H groups in total. The number of halogens is 2. The SMILES string of the molecule is CC(c1ccc(F)c(Cl)c1)N1CCOCC1C(=O)O. The molecule has 6 heteroatoms. The van der Waals surface area contributed by atoms with Crippen molar-refractivity contribution in [3.05, 3.63) is 34.6 Å². The molecule has 0 aromatic heterocycles. The van der Waals surface area contributed by atoms with Crippen LogP contribution in [0.3, 0.4) is 0 Å². The molecule has 2 unspecified atom stereocenters. The van der Waals surface area contributed by atoms with Gasteiger partial charge < -0.3 is 9.84 Å². The van der Waals surface area contributed by atoms with Gasteiger partial charge >= 0.3 is 5.97 Å². The largest absolute Gasteiger partial charge is 0.480 e. The van der Waals surface area contributed by atoms with E-state index in [-0.39, 0.29) is 17.7 Å². The molecule has 1 fully saturated rings. The molecule has 104 valence electrons. The predicted molar refractivity (Wildman–Crippen MR) is 68.8 cm³/mol. The first-order chi connectivity index (χ1) is 9.00. The second kappa shape index (κ2) is 5.86. The van der Waals surface area contributed by atoms with Gasteiger partial charge in [0.15, 0.2) is 0 Å². The zero-order valence-electron chi connectivity index (χ0n) is 10.5. The van der Waals surface area contributed by atoms with Crippen LogP contribution in [0, 0.1) is 5.82 Å². The lowest BCUT2D eigenvalue weighted by Gasteiger charge is -2.37. The Morgan fingerprint density at radius 1 is 1.63 bits per heavy atom. The van der Waals surface area contributed by atoms with E-state index in [1.54, 1.807) is 6.07 Å². The highest BCUT2D eigenvalue weighted by Gasteiger charge is 2.33. The van der Waals surface area contributed by atoms with Crippen LogP contribution in [0.4, 0.5) is 4.39 Å². The highest BCUT2D eigenvalue weighted by molar-refractivity contribution is 6.30. The summed E-state index contributed by atoms with van der Waals surface area (Å²) in [6.45, 7) is 3.05. The summed E-state index contributed by atoms with van der Waals surface area (Å²) in [5, 5.41) is 9.24. The maximum absolute atomic E-state index is 13.1. The summed E-state index contributed by atoms with van der Waals surface area (Å²) in [7, 11) is 0. The van der Waals surface area contributed by atoms with Crippen LogP contribution in [0.5, 0.6) is 0 Å². The lowest BCUT2D eigenvalue weighted by atomic mass is 10.0. The Kier molecular flexibility index (Phi) is 4.39. The summed E-state index contributed by atoms with van der Waals surface area (Å²) in [5.41, 5.74) is 0.791. The smallest absolute Gasteiger partial charge is 0.323 e. The zero-order chi connectivity index (χ0) is 14.0. The molecule has 1 aromatic carbocycles. The van der Waals surface area contributed by atoms with Crippen LogP contribution in [0.1, 0.15) is 18.5 Å². The molecular weight excluding hydrogens is 273 g/mol. The number of hydrogen-bond donors (Lipinski definition) is 1. The number of ether oxygens (including phenoxy) is 1. The Hall–Kier alpha value is -1.17. The van der Waals surface area contributed by atoms with E-state index in [0.717, 1.165) is 5.56 Å². The van der Waals surface area contributed by atoms with Gasteiger partial charge in [-0.2, -0.15) is 0 Å². The number of carboxylic acid groups (broad SMARTS) is 1. The van der Waals surface area contributed by atoms with Crippen molar-refractivity contribution in [2.75, 3.05) is 19.8 Å². The minimum absolute atomic E-state index is 0.0458. The van der Waals surface area contributed by atoms with Gasteiger partial charge in [0.1, 0.15) is 11.9 Å². The summed E-state index contributed by atoms with van der Waals surface area (Å²) < 4.78 is 18.3. The molecule has 1 aliphatic heterocycles. The molecule has 1 aromatic rings. The average molecular weight is 288 g/mol. The number of hydrogen-bond acceptors (Lipinski definition) is 3. The first kappa shape index (κ1) is 14.2. The zero-order valence-corrected chi connectivity index (χ0v) is 11.2. The van der Waals surface area contributed by atoms with E-state index in [1.165, 1.54) is 12.1 Å². The maximum atomic E-state index is 13.1. The van der Waals surface area contributed by atoms with Crippen molar-refractivity contribution < 1.29 is 19.0 Å². The summed E-state index contributed by atoms with van der Waals surface area (Å²) in [6, 6.07) is 3.61. The van der Waals surface area contributed by atoms with Crippen LogP contribution in [0.15, 0.2) is 18.2 Å². The Morgan fingerprint density at radius 3 is 3.00 bits per heavy atom. The number of nitrogens with zero attached hydrogens (tertiary/aromatic N) is 1. The minimum Gasteiger partial charge on any atom is -0.480 e. The van der Waals surface area contributed by atoms with Crippen LogP contribution in [0.25, 0.3) is 0 Å². The van der Waals surface area contributed by atoms with Gasteiger partial charge in [0.2, 0.25) is 0 Å². The number of rotatable bonds is 3. The Morgan fingerprint density at radius 2 is 2.37 bits per heavy atom. The van der Waals surface area contributed by atoms with E-state index >= 15 is 0 Å². The molecule has 19 heavy (non-hydrogen) atoms. The van der Waals surface area contributed by atoms with Crippen LogP contribution in [-0.2, 0) is 9.53 Å². The minimum atomic E-state index is -0.917. The highest BCUT2D eigenvalue weighted by atomic mass is 35.5. The third-order valence-electron chi connectivity index (χ3n) is 3.38. The first-order valence-electron chi connectivity index (χ1n) is 6.02. The molecular formula is C13H15ClFNO3. The molecule has 0 aliphatic carbocycles. The van der Waals surface area contributed by atoms with E-state index in [4.69, 9.17) is 16.3 Å². The van der Waals surface area contributed by atoms with Crippen molar-refractivity contribution in [2.24, 2.45) is 0 Å². The van der Waals surface area contributed by atoms with E-state index in [1.807, 2.05) is 11.8 Å². The molecule has 1 saturated heterocycles. The van der Waals surface area contributed by atoms with Crippen molar-refractivity contribution in [1.82, 2.24) is 4.90 Å². The molecule has 0 amide bonds. The van der Waals surface area contributed by atoms with E-state index in [9.17, 15) is 14.3 Å². The third kappa shape index (κ3) is 3.05. The second-order valence-corrected chi connectivity index (χ2v) is 4.92.